The van der Waals surface area contributed by atoms with Gasteiger partial charge in [-0.15, -0.1) is 12.4 Å². The Balaban J connectivity index is 0.00000176. The molecule has 22 heavy (non-hydrogen) atoms. The summed E-state index contributed by atoms with van der Waals surface area (Å²) in [6.45, 7) is 7.39. The minimum atomic E-state index is -0.0406. The number of fused-ring (bicyclic) bond motifs is 1. The molecule has 1 aliphatic rings. The highest BCUT2D eigenvalue weighted by Crippen LogP contribution is 2.34. The molecular weight excluding hydrogens is 296 g/mol. The third-order valence-electron chi connectivity index (χ3n) is 3.89. The number of hydrogen-bond donors (Lipinski definition) is 1. The summed E-state index contributed by atoms with van der Waals surface area (Å²) in [5.74, 6) is 1.25. The van der Waals surface area contributed by atoms with E-state index in [-0.39, 0.29) is 17.8 Å². The minimum Gasteiger partial charge on any atom is -0.368 e. The van der Waals surface area contributed by atoms with Crippen LogP contribution in [-0.2, 0) is 11.8 Å². The largest absolute Gasteiger partial charge is 0.368 e. The maximum Gasteiger partial charge on any atom is 0.222 e. The van der Waals surface area contributed by atoms with Crippen molar-refractivity contribution in [3.8, 4) is 0 Å². The van der Waals surface area contributed by atoms with Crippen molar-refractivity contribution < 1.29 is 0 Å². The first-order valence-corrected chi connectivity index (χ1v) is 7.45. The van der Waals surface area contributed by atoms with Crippen LogP contribution in [0.15, 0.2) is 30.3 Å². The van der Waals surface area contributed by atoms with Gasteiger partial charge in [-0.3, -0.25) is 0 Å². The van der Waals surface area contributed by atoms with Crippen LogP contribution in [0.25, 0.3) is 0 Å². The Bertz CT molecular complexity index is 664. The third kappa shape index (κ3) is 3.17. The third-order valence-corrected chi connectivity index (χ3v) is 3.89. The molecule has 0 amide bonds. The van der Waals surface area contributed by atoms with Gasteiger partial charge in [0.2, 0.25) is 5.95 Å². The molecule has 1 aromatic carbocycles. The number of nitrogens with two attached hydrogens (primary N) is 1. The van der Waals surface area contributed by atoms with Gasteiger partial charge in [0.1, 0.15) is 5.82 Å². The lowest BCUT2D eigenvalue weighted by atomic mass is 9.91. The van der Waals surface area contributed by atoms with Gasteiger partial charge in [-0.2, -0.15) is 4.98 Å². The zero-order valence-electron chi connectivity index (χ0n) is 13.3. The molecular formula is C17H23ClN4. The van der Waals surface area contributed by atoms with Crippen LogP contribution in [0.1, 0.15) is 38.4 Å². The van der Waals surface area contributed by atoms with Crippen LogP contribution in [0.5, 0.6) is 0 Å². The summed E-state index contributed by atoms with van der Waals surface area (Å²) in [5.41, 5.74) is 9.48. The first kappa shape index (κ1) is 16.6. The van der Waals surface area contributed by atoms with Crippen molar-refractivity contribution in [2.24, 2.45) is 0 Å². The zero-order chi connectivity index (χ0) is 15.0. The molecule has 2 aromatic rings. The molecule has 5 heteroatoms. The first-order chi connectivity index (χ1) is 9.95. The van der Waals surface area contributed by atoms with Crippen LogP contribution >= 0.6 is 12.4 Å². The molecule has 0 atom stereocenters. The summed E-state index contributed by atoms with van der Waals surface area (Å²) in [6, 6.07) is 10.6. The van der Waals surface area contributed by atoms with Crippen LogP contribution in [-0.4, -0.2) is 16.5 Å². The quantitative estimate of drug-likeness (QED) is 0.867. The highest BCUT2D eigenvalue weighted by Gasteiger charge is 2.23. The van der Waals surface area contributed by atoms with E-state index in [0.717, 1.165) is 30.9 Å². The SMILES string of the molecule is CC(C)(C)c1cc(N2CCCc3ccccc32)nc(N)n1.Cl. The minimum absolute atomic E-state index is 0. The number of nitrogens with zero attached hydrogens (tertiary/aromatic N) is 3. The Morgan fingerprint density at radius 1 is 1.14 bits per heavy atom. The number of rotatable bonds is 1. The van der Waals surface area contributed by atoms with E-state index in [9.17, 15) is 0 Å². The molecule has 0 radical (unpaired) electrons. The Morgan fingerprint density at radius 2 is 1.86 bits per heavy atom. The van der Waals surface area contributed by atoms with Crippen molar-refractivity contribution >= 4 is 29.9 Å². The topological polar surface area (TPSA) is 55.0 Å². The fourth-order valence-corrected chi connectivity index (χ4v) is 2.75. The van der Waals surface area contributed by atoms with Gasteiger partial charge in [-0.05, 0) is 24.5 Å². The van der Waals surface area contributed by atoms with E-state index < -0.39 is 0 Å². The molecule has 0 aliphatic carbocycles. The number of benzene rings is 1. The maximum absolute atomic E-state index is 5.93. The lowest BCUT2D eigenvalue weighted by Gasteiger charge is -2.31. The number of nitrogen functional groups attached to an aromatic ring is 1. The molecule has 4 nitrogen and oxygen atoms in total. The van der Waals surface area contributed by atoms with Crippen molar-refractivity contribution in [3.63, 3.8) is 0 Å². The molecule has 0 spiro atoms. The Labute approximate surface area is 138 Å². The van der Waals surface area contributed by atoms with Crippen LogP contribution in [0, 0.1) is 0 Å². The fraction of sp³-hybridized carbons (Fsp3) is 0.412. The average Bonchev–Trinajstić information content (AvgIpc) is 2.45. The second-order valence-corrected chi connectivity index (χ2v) is 6.60. The van der Waals surface area contributed by atoms with Gasteiger partial charge in [-0.1, -0.05) is 39.0 Å². The highest BCUT2D eigenvalue weighted by molar-refractivity contribution is 5.85. The van der Waals surface area contributed by atoms with Crippen molar-refractivity contribution in [2.75, 3.05) is 17.2 Å². The Kier molecular flexibility index (Phi) is 4.61. The van der Waals surface area contributed by atoms with Gasteiger partial charge < -0.3 is 10.6 Å². The number of anilines is 3. The number of hydrogen-bond acceptors (Lipinski definition) is 4. The van der Waals surface area contributed by atoms with E-state index in [1.807, 2.05) is 0 Å². The fourth-order valence-electron chi connectivity index (χ4n) is 2.75. The highest BCUT2D eigenvalue weighted by atomic mass is 35.5. The van der Waals surface area contributed by atoms with Gasteiger partial charge >= 0.3 is 0 Å². The second kappa shape index (κ2) is 6.13. The number of para-hydroxylation sites is 1. The molecule has 2 N–H and O–H groups in total. The summed E-state index contributed by atoms with van der Waals surface area (Å²) in [4.78, 5) is 11.1. The first-order valence-electron chi connectivity index (χ1n) is 7.45. The number of aromatic nitrogens is 2. The van der Waals surface area contributed by atoms with Gasteiger partial charge in [0, 0.05) is 23.7 Å². The van der Waals surface area contributed by atoms with Crippen molar-refractivity contribution in [1.29, 1.82) is 0 Å². The van der Waals surface area contributed by atoms with Crippen LogP contribution in [0.4, 0.5) is 17.5 Å². The molecule has 0 fully saturated rings. The molecule has 1 aromatic heterocycles. The van der Waals surface area contributed by atoms with Crippen LogP contribution in [0.3, 0.4) is 0 Å². The smallest absolute Gasteiger partial charge is 0.222 e. The van der Waals surface area contributed by atoms with Crippen LogP contribution < -0.4 is 10.6 Å². The molecule has 2 heterocycles. The maximum atomic E-state index is 5.93. The van der Waals surface area contributed by atoms with Gasteiger partial charge in [-0.25, -0.2) is 4.98 Å². The lowest BCUT2D eigenvalue weighted by molar-refractivity contribution is 0.567. The van der Waals surface area contributed by atoms with Gasteiger partial charge in [0.05, 0.1) is 5.69 Å². The van der Waals surface area contributed by atoms with Gasteiger partial charge in [0.15, 0.2) is 0 Å². The summed E-state index contributed by atoms with van der Waals surface area (Å²) in [7, 11) is 0. The monoisotopic (exact) mass is 318 g/mol. The molecule has 0 saturated heterocycles. The van der Waals surface area contributed by atoms with E-state index in [4.69, 9.17) is 5.73 Å². The van der Waals surface area contributed by atoms with E-state index in [2.05, 4.69) is 66.0 Å². The van der Waals surface area contributed by atoms with Gasteiger partial charge in [0.25, 0.3) is 0 Å². The molecule has 3 rings (SSSR count). The molecule has 0 saturated carbocycles. The van der Waals surface area contributed by atoms with Crippen molar-refractivity contribution in [2.45, 2.75) is 39.0 Å². The summed E-state index contributed by atoms with van der Waals surface area (Å²) < 4.78 is 0. The van der Waals surface area contributed by atoms with E-state index in [1.54, 1.807) is 0 Å². The van der Waals surface area contributed by atoms with E-state index >= 15 is 0 Å². The van der Waals surface area contributed by atoms with Crippen molar-refractivity contribution in [3.05, 3.63) is 41.6 Å². The van der Waals surface area contributed by atoms with Crippen molar-refractivity contribution in [1.82, 2.24) is 9.97 Å². The summed E-state index contributed by atoms with van der Waals surface area (Å²) >= 11 is 0. The van der Waals surface area contributed by atoms with E-state index in [0.29, 0.717) is 5.95 Å². The summed E-state index contributed by atoms with van der Waals surface area (Å²) in [6.07, 6.45) is 2.26. The van der Waals surface area contributed by atoms with Crippen LogP contribution in [0.2, 0.25) is 0 Å². The number of halogens is 1. The Morgan fingerprint density at radius 3 is 2.59 bits per heavy atom. The lowest BCUT2D eigenvalue weighted by Crippen LogP contribution is -2.26. The standard InChI is InChI=1S/C17H22N4.ClH/c1-17(2,3)14-11-15(20-16(18)19-14)21-10-6-8-12-7-4-5-9-13(12)21;/h4-5,7,9,11H,6,8,10H2,1-3H3,(H2,18,19,20);1H. The normalized spacial score (nSPS) is 14.2. The summed E-state index contributed by atoms with van der Waals surface area (Å²) in [5, 5.41) is 0. The molecule has 1 aliphatic heterocycles. The molecule has 0 unspecified atom stereocenters. The molecule has 118 valence electrons. The second-order valence-electron chi connectivity index (χ2n) is 6.60. The number of aryl methyl sites for hydroxylation is 1. The zero-order valence-corrected chi connectivity index (χ0v) is 14.2. The Hall–Kier alpha value is -1.81. The predicted octanol–water partition coefficient (Wildman–Crippen LogP) is 3.86. The average molecular weight is 319 g/mol. The predicted molar refractivity (Wildman–Crippen MR) is 94.2 cm³/mol. The van der Waals surface area contributed by atoms with E-state index in [1.165, 1.54) is 11.3 Å². The molecule has 0 bridgehead atoms.